The first-order chi connectivity index (χ1) is 9.54. The number of rotatable bonds is 6. The van der Waals surface area contributed by atoms with Gasteiger partial charge in [-0.15, -0.1) is 11.3 Å². The lowest BCUT2D eigenvalue weighted by Gasteiger charge is -2.19. The number of halogens is 2. The second-order valence-corrected chi connectivity index (χ2v) is 7.26. The number of nitrogens with two attached hydrogens (primary N) is 1. The molecule has 20 heavy (non-hydrogen) atoms. The quantitative estimate of drug-likeness (QED) is 0.796. The van der Waals surface area contributed by atoms with Gasteiger partial charge in [-0.1, -0.05) is 23.7 Å². The molecule has 0 spiro atoms. The Hall–Kier alpha value is -0.390. The monoisotopic (exact) mass is 372 g/mol. The SMILES string of the molecule is CN(CCC(N)c1ccc(Cl)cc1)Cc1cc(Br)cs1. The van der Waals surface area contributed by atoms with Crippen molar-refractivity contribution in [2.45, 2.75) is 19.0 Å². The van der Waals surface area contributed by atoms with Crippen molar-refractivity contribution in [2.24, 2.45) is 5.73 Å². The summed E-state index contributed by atoms with van der Waals surface area (Å²) in [7, 11) is 2.13. The van der Waals surface area contributed by atoms with Crippen molar-refractivity contribution in [3.8, 4) is 0 Å². The molecular weight excluding hydrogens is 356 g/mol. The lowest BCUT2D eigenvalue weighted by atomic mass is 10.0. The fraction of sp³-hybridized carbons (Fsp3) is 0.333. The summed E-state index contributed by atoms with van der Waals surface area (Å²) >= 11 is 11.1. The molecule has 1 atom stereocenters. The van der Waals surface area contributed by atoms with Gasteiger partial charge in [-0.3, -0.25) is 0 Å². The summed E-state index contributed by atoms with van der Waals surface area (Å²) in [5.74, 6) is 0. The maximum atomic E-state index is 6.22. The number of thiophene rings is 1. The molecule has 1 aromatic carbocycles. The largest absolute Gasteiger partial charge is 0.324 e. The lowest BCUT2D eigenvalue weighted by Crippen LogP contribution is -2.23. The molecule has 0 aliphatic rings. The van der Waals surface area contributed by atoms with Gasteiger partial charge < -0.3 is 10.6 Å². The molecule has 0 saturated heterocycles. The minimum absolute atomic E-state index is 0.0600. The molecule has 0 amide bonds. The third kappa shape index (κ3) is 4.86. The van der Waals surface area contributed by atoms with Crippen molar-refractivity contribution in [2.75, 3.05) is 13.6 Å². The number of benzene rings is 1. The summed E-state index contributed by atoms with van der Waals surface area (Å²) in [4.78, 5) is 3.66. The van der Waals surface area contributed by atoms with Crippen molar-refractivity contribution in [1.82, 2.24) is 4.90 Å². The van der Waals surface area contributed by atoms with Crippen molar-refractivity contribution in [3.63, 3.8) is 0 Å². The van der Waals surface area contributed by atoms with E-state index in [1.165, 1.54) is 4.88 Å². The normalized spacial score (nSPS) is 12.8. The maximum absolute atomic E-state index is 6.22. The molecule has 0 fully saturated rings. The van der Waals surface area contributed by atoms with Gasteiger partial charge in [-0.05, 0) is 53.2 Å². The van der Waals surface area contributed by atoms with Crippen molar-refractivity contribution in [1.29, 1.82) is 0 Å². The van der Waals surface area contributed by atoms with Crippen LogP contribution in [0.1, 0.15) is 22.9 Å². The van der Waals surface area contributed by atoms with E-state index in [1.807, 2.05) is 24.3 Å². The van der Waals surface area contributed by atoms with Crippen LogP contribution in [-0.2, 0) is 6.54 Å². The van der Waals surface area contributed by atoms with Gasteiger partial charge in [-0.25, -0.2) is 0 Å². The molecule has 2 N–H and O–H groups in total. The zero-order chi connectivity index (χ0) is 14.5. The zero-order valence-corrected chi connectivity index (χ0v) is 14.5. The van der Waals surface area contributed by atoms with E-state index in [1.54, 1.807) is 11.3 Å². The van der Waals surface area contributed by atoms with Crippen molar-refractivity contribution < 1.29 is 0 Å². The Kier molecular flexibility index (Phi) is 6.05. The van der Waals surface area contributed by atoms with Crippen molar-refractivity contribution in [3.05, 3.63) is 55.6 Å². The third-order valence-corrected chi connectivity index (χ3v) is 5.10. The van der Waals surface area contributed by atoms with Crippen LogP contribution in [0.25, 0.3) is 0 Å². The fourth-order valence-corrected chi connectivity index (χ4v) is 3.67. The van der Waals surface area contributed by atoms with Crippen LogP contribution < -0.4 is 5.73 Å². The summed E-state index contributed by atoms with van der Waals surface area (Å²) < 4.78 is 1.16. The van der Waals surface area contributed by atoms with Crippen LogP contribution in [0.3, 0.4) is 0 Å². The van der Waals surface area contributed by atoms with E-state index in [0.717, 1.165) is 34.6 Å². The predicted molar refractivity (Wildman–Crippen MR) is 91.4 cm³/mol. The standard InChI is InChI=1S/C15H18BrClN2S/c1-19(9-14-8-12(16)10-20-14)7-6-15(18)11-2-4-13(17)5-3-11/h2-5,8,10,15H,6-7,9,18H2,1H3. The average molecular weight is 374 g/mol. The summed E-state index contributed by atoms with van der Waals surface area (Å²) in [5.41, 5.74) is 7.36. The minimum atomic E-state index is 0.0600. The predicted octanol–water partition coefficient (Wildman–Crippen LogP) is 4.69. The Bertz CT molecular complexity index is 541. The first-order valence-electron chi connectivity index (χ1n) is 6.47. The molecule has 0 radical (unpaired) electrons. The summed E-state index contributed by atoms with van der Waals surface area (Å²) in [6, 6.07) is 10.0. The van der Waals surface area contributed by atoms with Crippen molar-refractivity contribution >= 4 is 38.9 Å². The minimum Gasteiger partial charge on any atom is -0.324 e. The topological polar surface area (TPSA) is 29.3 Å². The lowest BCUT2D eigenvalue weighted by molar-refractivity contribution is 0.314. The second-order valence-electron chi connectivity index (χ2n) is 4.92. The average Bonchev–Trinajstić information content (AvgIpc) is 2.82. The van der Waals surface area contributed by atoms with E-state index >= 15 is 0 Å². The zero-order valence-electron chi connectivity index (χ0n) is 11.4. The first-order valence-corrected chi connectivity index (χ1v) is 8.52. The van der Waals surface area contributed by atoms with Gasteiger partial charge in [0.2, 0.25) is 0 Å². The molecule has 0 aliphatic carbocycles. The summed E-state index contributed by atoms with van der Waals surface area (Å²) in [6.07, 6.45) is 0.935. The maximum Gasteiger partial charge on any atom is 0.0406 e. The van der Waals surface area contributed by atoms with Gasteiger partial charge in [0.25, 0.3) is 0 Å². The van der Waals surface area contributed by atoms with Gasteiger partial charge >= 0.3 is 0 Å². The molecule has 108 valence electrons. The van der Waals surface area contributed by atoms with Crippen LogP contribution in [0.4, 0.5) is 0 Å². The number of hydrogen-bond donors (Lipinski definition) is 1. The molecule has 5 heteroatoms. The molecule has 1 unspecified atom stereocenters. The number of nitrogens with zero attached hydrogens (tertiary/aromatic N) is 1. The van der Waals surface area contributed by atoms with E-state index in [0.29, 0.717) is 0 Å². The molecule has 0 saturated carbocycles. The van der Waals surface area contributed by atoms with E-state index in [4.69, 9.17) is 17.3 Å². The Morgan fingerprint density at radius 2 is 2.05 bits per heavy atom. The Labute approximate surface area is 137 Å². The van der Waals surface area contributed by atoms with E-state index in [2.05, 4.69) is 39.3 Å². The molecule has 2 nitrogen and oxygen atoms in total. The van der Waals surface area contributed by atoms with Gasteiger partial charge in [0.1, 0.15) is 0 Å². The molecular formula is C15H18BrClN2S. The highest BCUT2D eigenvalue weighted by molar-refractivity contribution is 9.10. The molecule has 0 bridgehead atoms. The Balaban J connectivity index is 1.80. The van der Waals surface area contributed by atoms with Crippen LogP contribution in [0.2, 0.25) is 5.02 Å². The molecule has 0 aliphatic heterocycles. The highest BCUT2D eigenvalue weighted by Crippen LogP contribution is 2.22. The first kappa shape index (κ1) is 16.0. The van der Waals surface area contributed by atoms with Gasteiger partial charge in [0.05, 0.1) is 0 Å². The van der Waals surface area contributed by atoms with E-state index in [-0.39, 0.29) is 6.04 Å². The van der Waals surface area contributed by atoms with E-state index < -0.39 is 0 Å². The molecule has 1 heterocycles. The van der Waals surface area contributed by atoms with Gasteiger partial charge in [-0.2, -0.15) is 0 Å². The van der Waals surface area contributed by atoms with Gasteiger partial charge in [0.15, 0.2) is 0 Å². The Morgan fingerprint density at radius 1 is 1.35 bits per heavy atom. The van der Waals surface area contributed by atoms with Crippen LogP contribution in [0.5, 0.6) is 0 Å². The molecule has 1 aromatic heterocycles. The smallest absolute Gasteiger partial charge is 0.0406 e. The highest BCUT2D eigenvalue weighted by Gasteiger charge is 2.08. The van der Waals surface area contributed by atoms with Crippen LogP contribution in [-0.4, -0.2) is 18.5 Å². The summed E-state index contributed by atoms with van der Waals surface area (Å²) in [5, 5.41) is 2.86. The summed E-state index contributed by atoms with van der Waals surface area (Å²) in [6.45, 7) is 1.93. The van der Waals surface area contributed by atoms with Crippen LogP contribution in [0.15, 0.2) is 40.2 Å². The van der Waals surface area contributed by atoms with Crippen LogP contribution >= 0.6 is 38.9 Å². The second kappa shape index (κ2) is 7.57. The van der Waals surface area contributed by atoms with Crippen LogP contribution in [0, 0.1) is 0 Å². The molecule has 2 aromatic rings. The molecule has 2 rings (SSSR count). The number of hydrogen-bond acceptors (Lipinski definition) is 3. The fourth-order valence-electron chi connectivity index (χ4n) is 2.02. The van der Waals surface area contributed by atoms with Gasteiger partial charge in [0, 0.05) is 38.9 Å². The van der Waals surface area contributed by atoms with E-state index in [9.17, 15) is 0 Å². The highest BCUT2D eigenvalue weighted by atomic mass is 79.9. The third-order valence-electron chi connectivity index (χ3n) is 3.17. The Morgan fingerprint density at radius 3 is 2.65 bits per heavy atom.